The van der Waals surface area contributed by atoms with E-state index in [2.05, 4.69) is 0 Å². The smallest absolute Gasteiger partial charge is 0.357 e. The monoisotopic (exact) mass is 487 g/mol. The van der Waals surface area contributed by atoms with E-state index in [1.165, 1.54) is 32.2 Å². The Kier molecular flexibility index (Phi) is 6.58. The van der Waals surface area contributed by atoms with Gasteiger partial charge in [0.1, 0.15) is 10.6 Å². The van der Waals surface area contributed by atoms with Crippen molar-refractivity contribution in [2.45, 2.75) is 11.8 Å². The van der Waals surface area contributed by atoms with Crippen LogP contribution in [0.25, 0.3) is 12.2 Å². The number of pyridine rings is 1. The summed E-state index contributed by atoms with van der Waals surface area (Å²) in [6.45, 7) is 1.46. The quantitative estimate of drug-likeness (QED) is 0.300. The standard InChI is InChI=1S/C21H14F5NO5S/c1-11-9-12(3-8-15-17(22)19(24)21(26)20(25)18(15)23)27(16(28)10-11)32-33(29,30)14-6-4-13(31-2)5-7-14/h3-10H,1-2H3/b8-3+. The number of hydrogen-bond acceptors (Lipinski definition) is 5. The van der Waals surface area contributed by atoms with Crippen LogP contribution in [0.1, 0.15) is 16.8 Å². The maximum atomic E-state index is 13.9. The molecule has 6 nitrogen and oxygen atoms in total. The van der Waals surface area contributed by atoms with Crippen LogP contribution in [0.5, 0.6) is 5.75 Å². The molecule has 1 heterocycles. The Morgan fingerprint density at radius 3 is 1.94 bits per heavy atom. The predicted molar refractivity (Wildman–Crippen MR) is 107 cm³/mol. The molecule has 33 heavy (non-hydrogen) atoms. The normalized spacial score (nSPS) is 11.7. The highest BCUT2D eigenvalue weighted by Gasteiger charge is 2.24. The fraction of sp³-hybridized carbons (Fsp3) is 0.0952. The minimum absolute atomic E-state index is 0.301. The molecule has 0 bridgehead atoms. The van der Waals surface area contributed by atoms with Crippen LogP contribution < -0.4 is 14.6 Å². The summed E-state index contributed by atoms with van der Waals surface area (Å²) in [5, 5.41) is 0. The second kappa shape index (κ2) is 9.06. The van der Waals surface area contributed by atoms with Crippen molar-refractivity contribution in [2.24, 2.45) is 0 Å². The Morgan fingerprint density at radius 1 is 0.848 bits per heavy atom. The van der Waals surface area contributed by atoms with Gasteiger partial charge >= 0.3 is 10.1 Å². The van der Waals surface area contributed by atoms with Crippen LogP contribution in [0.4, 0.5) is 22.0 Å². The fourth-order valence-corrected chi connectivity index (χ4v) is 3.64. The fourth-order valence-electron chi connectivity index (χ4n) is 2.73. The van der Waals surface area contributed by atoms with Gasteiger partial charge in [0, 0.05) is 6.07 Å². The topological polar surface area (TPSA) is 74.6 Å². The van der Waals surface area contributed by atoms with E-state index in [0.717, 1.165) is 24.3 Å². The van der Waals surface area contributed by atoms with E-state index < -0.39 is 50.3 Å². The Bertz CT molecular complexity index is 1390. The SMILES string of the molecule is COc1ccc(S(=O)(=O)On2c(/C=C/c3c(F)c(F)c(F)c(F)c3F)cc(C)cc2=O)cc1. The molecule has 3 rings (SSSR count). The van der Waals surface area contributed by atoms with Crippen LogP contribution in [0.3, 0.4) is 0 Å². The first-order valence-corrected chi connectivity index (χ1v) is 10.4. The molecule has 0 unspecified atom stereocenters. The van der Waals surface area contributed by atoms with E-state index in [0.29, 0.717) is 22.1 Å². The van der Waals surface area contributed by atoms with Crippen LogP contribution >= 0.6 is 0 Å². The van der Waals surface area contributed by atoms with Crippen LogP contribution in [0.2, 0.25) is 0 Å². The van der Waals surface area contributed by atoms with Gasteiger partial charge in [-0.3, -0.25) is 9.08 Å². The summed E-state index contributed by atoms with van der Waals surface area (Å²) in [7, 11) is -3.19. The number of aryl methyl sites for hydroxylation is 1. The number of benzene rings is 2. The summed E-state index contributed by atoms with van der Waals surface area (Å²) < 4.78 is 103. The van der Waals surface area contributed by atoms with E-state index in [-0.39, 0.29) is 10.6 Å². The number of ether oxygens (including phenoxy) is 1. The number of halogens is 5. The van der Waals surface area contributed by atoms with Gasteiger partial charge < -0.3 is 4.74 Å². The molecule has 2 aromatic carbocycles. The highest BCUT2D eigenvalue weighted by molar-refractivity contribution is 7.87. The molecule has 0 saturated heterocycles. The third-order valence-electron chi connectivity index (χ3n) is 4.35. The van der Waals surface area contributed by atoms with Gasteiger partial charge in [-0.05, 0) is 55.0 Å². The minimum Gasteiger partial charge on any atom is -0.497 e. The lowest BCUT2D eigenvalue weighted by Crippen LogP contribution is -2.32. The van der Waals surface area contributed by atoms with Crippen molar-refractivity contribution in [2.75, 3.05) is 7.11 Å². The molecule has 1 aromatic heterocycles. The molecule has 0 aliphatic heterocycles. The molecule has 0 radical (unpaired) electrons. The van der Waals surface area contributed by atoms with E-state index in [1.54, 1.807) is 0 Å². The van der Waals surface area contributed by atoms with Crippen LogP contribution in [-0.2, 0) is 10.1 Å². The molecule has 0 aliphatic carbocycles. The van der Waals surface area contributed by atoms with E-state index in [4.69, 9.17) is 9.02 Å². The first-order chi connectivity index (χ1) is 15.5. The van der Waals surface area contributed by atoms with Gasteiger partial charge in [0.05, 0.1) is 18.4 Å². The second-order valence-electron chi connectivity index (χ2n) is 6.61. The van der Waals surface area contributed by atoms with E-state index >= 15 is 0 Å². The molecular formula is C21H14F5NO5S. The maximum Gasteiger partial charge on any atom is 0.357 e. The molecular weight excluding hydrogens is 473 g/mol. The van der Waals surface area contributed by atoms with Crippen molar-refractivity contribution in [3.05, 3.63) is 92.7 Å². The van der Waals surface area contributed by atoms with Gasteiger partial charge in [0.15, 0.2) is 23.3 Å². The van der Waals surface area contributed by atoms with Gasteiger partial charge in [-0.15, -0.1) is 4.73 Å². The lowest BCUT2D eigenvalue weighted by atomic mass is 10.1. The predicted octanol–water partition coefficient (Wildman–Crippen LogP) is 3.85. The van der Waals surface area contributed by atoms with Crippen molar-refractivity contribution in [1.29, 1.82) is 0 Å². The third kappa shape index (κ3) is 4.75. The molecule has 0 spiro atoms. The zero-order valence-corrected chi connectivity index (χ0v) is 17.7. The number of nitrogens with zero attached hydrogens (tertiary/aromatic N) is 1. The summed E-state index contributed by atoms with van der Waals surface area (Å²) in [4.78, 5) is 12.0. The molecule has 0 fully saturated rings. The largest absolute Gasteiger partial charge is 0.497 e. The van der Waals surface area contributed by atoms with E-state index in [1.807, 2.05) is 0 Å². The highest BCUT2D eigenvalue weighted by Crippen LogP contribution is 2.25. The number of rotatable bonds is 6. The molecule has 0 saturated carbocycles. The second-order valence-corrected chi connectivity index (χ2v) is 8.14. The molecule has 174 valence electrons. The van der Waals surface area contributed by atoms with Gasteiger partial charge in [0.25, 0.3) is 5.56 Å². The summed E-state index contributed by atoms with van der Waals surface area (Å²) in [6.07, 6.45) is 1.28. The molecule has 0 amide bonds. The molecule has 3 aromatic rings. The van der Waals surface area contributed by atoms with Crippen molar-refractivity contribution in [3.63, 3.8) is 0 Å². The lowest BCUT2D eigenvalue weighted by Gasteiger charge is -2.12. The van der Waals surface area contributed by atoms with Crippen LogP contribution in [0, 0.1) is 36.0 Å². The Balaban J connectivity index is 2.08. The Hall–Kier alpha value is -3.67. The van der Waals surface area contributed by atoms with Gasteiger partial charge in [-0.2, -0.15) is 8.42 Å². The summed E-state index contributed by atoms with van der Waals surface area (Å²) in [6, 6.07) is 7.18. The average molecular weight is 487 g/mol. The summed E-state index contributed by atoms with van der Waals surface area (Å²) in [5.74, 6) is -10.5. The zero-order valence-electron chi connectivity index (χ0n) is 16.9. The number of methoxy groups -OCH3 is 1. The first-order valence-electron chi connectivity index (χ1n) is 8.98. The van der Waals surface area contributed by atoms with Crippen molar-refractivity contribution < 1.29 is 39.4 Å². The zero-order chi connectivity index (χ0) is 24.5. The molecule has 0 N–H and O–H groups in total. The highest BCUT2D eigenvalue weighted by atomic mass is 32.2. The summed E-state index contributed by atoms with van der Waals surface area (Å²) in [5.41, 5.74) is -2.30. The van der Waals surface area contributed by atoms with Crippen LogP contribution in [-0.4, -0.2) is 20.3 Å². The Labute approximate surface area is 184 Å². The van der Waals surface area contributed by atoms with Crippen LogP contribution in [0.15, 0.2) is 46.1 Å². The molecule has 0 atom stereocenters. The van der Waals surface area contributed by atoms with Crippen molar-refractivity contribution in [1.82, 2.24) is 4.73 Å². The lowest BCUT2D eigenvalue weighted by molar-refractivity contribution is 0.264. The maximum absolute atomic E-state index is 13.9. The first kappa shape index (κ1) is 24.0. The van der Waals surface area contributed by atoms with Gasteiger partial charge in [0.2, 0.25) is 5.82 Å². The number of hydrogen-bond donors (Lipinski definition) is 0. The van der Waals surface area contributed by atoms with E-state index in [9.17, 15) is 35.2 Å². The van der Waals surface area contributed by atoms with Crippen molar-refractivity contribution >= 4 is 22.3 Å². The minimum atomic E-state index is -4.56. The average Bonchev–Trinajstić information content (AvgIpc) is 2.78. The van der Waals surface area contributed by atoms with Crippen molar-refractivity contribution in [3.8, 4) is 5.75 Å². The number of aromatic nitrogens is 1. The Morgan fingerprint density at radius 2 is 1.39 bits per heavy atom. The summed E-state index contributed by atoms with van der Waals surface area (Å²) >= 11 is 0. The van der Waals surface area contributed by atoms with Gasteiger partial charge in [-0.25, -0.2) is 22.0 Å². The molecule has 0 aliphatic rings. The molecule has 12 heteroatoms. The van der Waals surface area contributed by atoms with Gasteiger partial charge in [-0.1, -0.05) is 0 Å². The third-order valence-corrected chi connectivity index (χ3v) is 5.54.